The molecule has 1 rings (SSSR count). The number of nitrogens with zero attached hydrogens (tertiary/aromatic N) is 1. The standard InChI is InChI=1S/C17H29FN2S/c1-13(9-10-21-6)20(5)16-8-7-14(11-15(16)18)12-19-17(2,3)4/h7-8,11,13,19H,9-10,12H2,1-6H3. The molecule has 0 aromatic heterocycles. The number of hydrogen-bond acceptors (Lipinski definition) is 3. The van der Waals surface area contributed by atoms with E-state index in [0.717, 1.165) is 17.7 Å². The molecule has 0 spiro atoms. The number of halogens is 1. The molecular weight excluding hydrogens is 283 g/mol. The second-order valence-corrected chi connectivity index (χ2v) is 7.62. The van der Waals surface area contributed by atoms with Crippen LogP contribution in [-0.4, -0.2) is 30.6 Å². The first-order valence-corrected chi connectivity index (χ1v) is 8.89. The van der Waals surface area contributed by atoms with Crippen molar-refractivity contribution in [1.82, 2.24) is 5.32 Å². The maximum absolute atomic E-state index is 14.3. The van der Waals surface area contributed by atoms with Crippen LogP contribution in [0.15, 0.2) is 18.2 Å². The summed E-state index contributed by atoms with van der Waals surface area (Å²) in [6.45, 7) is 9.16. The number of anilines is 1. The van der Waals surface area contributed by atoms with Crippen LogP contribution < -0.4 is 10.2 Å². The van der Waals surface area contributed by atoms with Gasteiger partial charge in [-0.1, -0.05) is 6.07 Å². The average Bonchev–Trinajstić information content (AvgIpc) is 2.41. The molecule has 0 fully saturated rings. The van der Waals surface area contributed by atoms with Gasteiger partial charge in [0.1, 0.15) is 5.82 Å². The fourth-order valence-corrected chi connectivity index (χ4v) is 2.61. The summed E-state index contributed by atoms with van der Waals surface area (Å²) in [6, 6.07) is 5.89. The molecule has 0 aliphatic carbocycles. The molecule has 0 amide bonds. The molecule has 0 bridgehead atoms. The topological polar surface area (TPSA) is 15.3 Å². The summed E-state index contributed by atoms with van der Waals surface area (Å²) in [5, 5.41) is 3.38. The van der Waals surface area contributed by atoms with Crippen LogP contribution in [0.2, 0.25) is 0 Å². The van der Waals surface area contributed by atoms with E-state index in [1.165, 1.54) is 0 Å². The first-order chi connectivity index (χ1) is 9.74. The molecule has 0 aliphatic heterocycles. The van der Waals surface area contributed by atoms with Crippen LogP contribution >= 0.6 is 11.8 Å². The maximum atomic E-state index is 14.3. The van der Waals surface area contributed by atoms with Crippen molar-refractivity contribution in [3.63, 3.8) is 0 Å². The SMILES string of the molecule is CSCCC(C)N(C)c1ccc(CNC(C)(C)C)cc1F. The van der Waals surface area contributed by atoms with Crippen LogP contribution in [0, 0.1) is 5.82 Å². The van der Waals surface area contributed by atoms with Gasteiger partial charge in [0.15, 0.2) is 0 Å². The lowest BCUT2D eigenvalue weighted by Gasteiger charge is -2.27. The summed E-state index contributed by atoms with van der Waals surface area (Å²) in [6.07, 6.45) is 3.16. The van der Waals surface area contributed by atoms with Crippen LogP contribution in [-0.2, 0) is 6.54 Å². The molecule has 2 nitrogen and oxygen atoms in total. The Bertz CT molecular complexity index is 443. The highest BCUT2D eigenvalue weighted by molar-refractivity contribution is 7.98. The lowest BCUT2D eigenvalue weighted by Crippen LogP contribution is -2.35. The smallest absolute Gasteiger partial charge is 0.146 e. The predicted octanol–water partition coefficient (Wildman–Crippen LogP) is 4.29. The van der Waals surface area contributed by atoms with E-state index in [1.54, 1.807) is 6.07 Å². The van der Waals surface area contributed by atoms with E-state index in [9.17, 15) is 4.39 Å². The zero-order valence-corrected chi connectivity index (χ0v) is 15.0. The highest BCUT2D eigenvalue weighted by Crippen LogP contribution is 2.23. The largest absolute Gasteiger partial charge is 0.369 e. The molecule has 0 aliphatic rings. The maximum Gasteiger partial charge on any atom is 0.146 e. The lowest BCUT2D eigenvalue weighted by molar-refractivity contribution is 0.423. The molecule has 0 saturated carbocycles. The minimum absolute atomic E-state index is 0.0400. The minimum Gasteiger partial charge on any atom is -0.369 e. The Morgan fingerprint density at radius 1 is 1.33 bits per heavy atom. The van der Waals surface area contributed by atoms with Crippen LogP contribution in [0.1, 0.15) is 39.7 Å². The Kier molecular flexibility index (Phi) is 7.01. The Labute approximate surface area is 133 Å². The minimum atomic E-state index is -0.137. The Morgan fingerprint density at radius 3 is 2.52 bits per heavy atom. The monoisotopic (exact) mass is 312 g/mol. The summed E-state index contributed by atoms with van der Waals surface area (Å²) < 4.78 is 14.3. The third-order valence-electron chi connectivity index (χ3n) is 3.62. The molecular formula is C17H29FN2S. The van der Waals surface area contributed by atoms with Gasteiger partial charge in [-0.3, -0.25) is 0 Å². The summed E-state index contributed by atoms with van der Waals surface area (Å²) in [7, 11) is 1.97. The average molecular weight is 312 g/mol. The van der Waals surface area contributed by atoms with E-state index in [-0.39, 0.29) is 11.4 Å². The summed E-state index contributed by atoms with van der Waals surface area (Å²) in [4.78, 5) is 2.03. The van der Waals surface area contributed by atoms with Gasteiger partial charge in [-0.25, -0.2) is 4.39 Å². The van der Waals surface area contributed by atoms with E-state index >= 15 is 0 Å². The molecule has 1 atom stereocenters. The molecule has 1 aromatic rings. The van der Waals surface area contributed by atoms with Gasteiger partial charge in [0.05, 0.1) is 5.69 Å². The van der Waals surface area contributed by atoms with E-state index in [0.29, 0.717) is 18.3 Å². The second-order valence-electron chi connectivity index (χ2n) is 6.63. The molecule has 0 heterocycles. The molecule has 4 heteroatoms. The zero-order chi connectivity index (χ0) is 16.0. The van der Waals surface area contributed by atoms with Crippen molar-refractivity contribution < 1.29 is 4.39 Å². The predicted molar refractivity (Wildman–Crippen MR) is 93.9 cm³/mol. The zero-order valence-electron chi connectivity index (χ0n) is 14.2. The third-order valence-corrected chi connectivity index (χ3v) is 4.26. The summed E-state index contributed by atoms with van der Waals surface area (Å²) in [5.74, 6) is 0.961. The molecule has 120 valence electrons. The van der Waals surface area contributed by atoms with Gasteiger partial charge in [-0.2, -0.15) is 11.8 Å². The first-order valence-electron chi connectivity index (χ1n) is 7.50. The number of benzene rings is 1. The quantitative estimate of drug-likeness (QED) is 0.808. The van der Waals surface area contributed by atoms with Gasteiger partial charge in [-0.15, -0.1) is 0 Å². The first kappa shape index (κ1) is 18.3. The van der Waals surface area contributed by atoms with Gasteiger partial charge in [0.2, 0.25) is 0 Å². The Hall–Kier alpha value is -0.740. The van der Waals surface area contributed by atoms with Crippen LogP contribution in [0.25, 0.3) is 0 Å². The van der Waals surface area contributed by atoms with Crippen molar-refractivity contribution in [3.05, 3.63) is 29.6 Å². The summed E-state index contributed by atoms with van der Waals surface area (Å²) in [5.41, 5.74) is 1.71. The van der Waals surface area contributed by atoms with Gasteiger partial charge < -0.3 is 10.2 Å². The normalized spacial score (nSPS) is 13.3. The van der Waals surface area contributed by atoms with Crippen LogP contribution in [0.4, 0.5) is 10.1 Å². The lowest BCUT2D eigenvalue weighted by atomic mass is 10.1. The van der Waals surface area contributed by atoms with E-state index in [1.807, 2.05) is 35.8 Å². The Morgan fingerprint density at radius 2 is 2.00 bits per heavy atom. The second kappa shape index (κ2) is 8.04. The van der Waals surface area contributed by atoms with Gasteiger partial charge in [0.25, 0.3) is 0 Å². The van der Waals surface area contributed by atoms with E-state index in [4.69, 9.17) is 0 Å². The highest BCUT2D eigenvalue weighted by atomic mass is 32.2. The van der Waals surface area contributed by atoms with Crippen molar-refractivity contribution in [3.8, 4) is 0 Å². The number of hydrogen-bond donors (Lipinski definition) is 1. The molecule has 21 heavy (non-hydrogen) atoms. The van der Waals surface area contributed by atoms with Crippen LogP contribution in [0.3, 0.4) is 0 Å². The summed E-state index contributed by atoms with van der Waals surface area (Å²) >= 11 is 1.83. The molecule has 1 unspecified atom stereocenters. The number of nitrogens with one attached hydrogen (secondary N) is 1. The van der Waals surface area contributed by atoms with Crippen LogP contribution in [0.5, 0.6) is 0 Å². The van der Waals surface area contributed by atoms with E-state index in [2.05, 4.69) is 39.3 Å². The number of rotatable bonds is 7. The number of thioether (sulfide) groups is 1. The van der Waals surface area contributed by atoms with Crippen molar-refractivity contribution in [2.75, 3.05) is 24.0 Å². The molecule has 0 radical (unpaired) electrons. The van der Waals surface area contributed by atoms with Crippen molar-refractivity contribution in [2.45, 2.75) is 52.2 Å². The molecule has 0 saturated heterocycles. The van der Waals surface area contributed by atoms with Crippen molar-refractivity contribution in [1.29, 1.82) is 0 Å². The van der Waals surface area contributed by atoms with Gasteiger partial charge in [-0.05, 0) is 63.8 Å². The highest BCUT2D eigenvalue weighted by Gasteiger charge is 2.15. The third kappa shape index (κ3) is 6.27. The fourth-order valence-electron chi connectivity index (χ4n) is 2.03. The molecule has 1 N–H and O–H groups in total. The van der Waals surface area contributed by atoms with Crippen molar-refractivity contribution >= 4 is 17.4 Å². The Balaban J connectivity index is 2.73. The van der Waals surface area contributed by atoms with Gasteiger partial charge >= 0.3 is 0 Å². The molecule has 1 aromatic carbocycles. The van der Waals surface area contributed by atoms with E-state index < -0.39 is 0 Å². The van der Waals surface area contributed by atoms with Gasteiger partial charge in [0, 0.05) is 25.2 Å². The van der Waals surface area contributed by atoms with Crippen molar-refractivity contribution in [2.24, 2.45) is 0 Å². The fraction of sp³-hybridized carbons (Fsp3) is 0.647.